The van der Waals surface area contributed by atoms with Gasteiger partial charge >= 0.3 is 6.09 Å². The average Bonchev–Trinajstić information content (AvgIpc) is 3.25. The molecule has 2 aliphatic rings. The zero-order chi connectivity index (χ0) is 24.6. The van der Waals surface area contributed by atoms with E-state index < -0.39 is 17.6 Å². The molecule has 3 atom stereocenters. The molecule has 6 nitrogen and oxygen atoms in total. The van der Waals surface area contributed by atoms with Gasteiger partial charge in [-0.05, 0) is 53.8 Å². The predicted octanol–water partition coefficient (Wildman–Crippen LogP) is 5.08. The number of amides is 1. The standard InChI is InChI=1S/C28H28BrNO5/c1-33-21-10-6-9-19(13-21)28-15-20(31)16-30(27(32)35-17-18-7-4-3-5-8-18)25(28)14-22-23(29)11-12-24(34-2)26(22)28/h3-13,20,25,31H,14-17H2,1-2H3/t20?,25-,28+/m0/s1. The molecule has 1 unspecified atom stereocenters. The molecule has 1 saturated heterocycles. The van der Waals surface area contributed by atoms with Crippen molar-refractivity contribution in [3.8, 4) is 11.5 Å². The van der Waals surface area contributed by atoms with Gasteiger partial charge in [-0.2, -0.15) is 0 Å². The average molecular weight is 538 g/mol. The van der Waals surface area contributed by atoms with Gasteiger partial charge in [0.15, 0.2) is 0 Å². The molecule has 0 aromatic heterocycles. The molecule has 1 amide bonds. The van der Waals surface area contributed by atoms with Crippen molar-refractivity contribution in [1.82, 2.24) is 4.90 Å². The van der Waals surface area contributed by atoms with Gasteiger partial charge in [0.05, 0.1) is 32.9 Å². The van der Waals surface area contributed by atoms with E-state index in [1.807, 2.05) is 66.7 Å². The Balaban J connectivity index is 1.62. The van der Waals surface area contributed by atoms with Gasteiger partial charge in [-0.1, -0.05) is 58.4 Å². The molecular formula is C28H28BrNO5. The monoisotopic (exact) mass is 537 g/mol. The van der Waals surface area contributed by atoms with Crippen molar-refractivity contribution in [3.05, 3.63) is 93.5 Å². The van der Waals surface area contributed by atoms with Crippen LogP contribution >= 0.6 is 15.9 Å². The number of benzene rings is 3. The van der Waals surface area contributed by atoms with Gasteiger partial charge in [0.1, 0.15) is 18.1 Å². The van der Waals surface area contributed by atoms with Gasteiger partial charge in [-0.25, -0.2) is 4.79 Å². The van der Waals surface area contributed by atoms with Crippen molar-refractivity contribution in [1.29, 1.82) is 0 Å². The maximum Gasteiger partial charge on any atom is 0.410 e. The van der Waals surface area contributed by atoms with Crippen molar-refractivity contribution in [2.24, 2.45) is 0 Å². The third-order valence-corrected chi connectivity index (χ3v) is 7.96. The Kier molecular flexibility index (Phi) is 6.47. The first kappa shape index (κ1) is 23.7. The highest BCUT2D eigenvalue weighted by Gasteiger charge is 2.57. The SMILES string of the molecule is COc1cccc([C@]23CC(O)CN(C(=O)OCc4ccccc4)[C@H]2Cc2c(Br)ccc(OC)c23)c1. The molecule has 1 heterocycles. The summed E-state index contributed by atoms with van der Waals surface area (Å²) >= 11 is 3.73. The highest BCUT2D eigenvalue weighted by Crippen LogP contribution is 2.56. The lowest BCUT2D eigenvalue weighted by atomic mass is 9.66. The van der Waals surface area contributed by atoms with Crippen molar-refractivity contribution >= 4 is 22.0 Å². The highest BCUT2D eigenvalue weighted by molar-refractivity contribution is 9.10. The Hall–Kier alpha value is -3.03. The summed E-state index contributed by atoms with van der Waals surface area (Å²) in [6.45, 7) is 0.378. The van der Waals surface area contributed by atoms with Crippen LogP contribution in [0.25, 0.3) is 0 Å². The molecule has 182 valence electrons. The van der Waals surface area contributed by atoms with Crippen molar-refractivity contribution in [2.45, 2.75) is 37.0 Å². The number of hydrogen-bond acceptors (Lipinski definition) is 5. The number of aliphatic hydroxyl groups excluding tert-OH is 1. The number of aliphatic hydroxyl groups is 1. The third kappa shape index (κ3) is 4.06. The van der Waals surface area contributed by atoms with Crippen LogP contribution in [0.1, 0.15) is 28.7 Å². The number of β-amino-alcohol motifs (C(OH)–C–C–N with tert-alkyl or cyclic N) is 1. The number of piperidine rings is 1. The highest BCUT2D eigenvalue weighted by atomic mass is 79.9. The number of rotatable bonds is 5. The molecule has 35 heavy (non-hydrogen) atoms. The molecule has 0 spiro atoms. The van der Waals surface area contributed by atoms with Crippen molar-refractivity contribution < 1.29 is 24.1 Å². The van der Waals surface area contributed by atoms with E-state index in [9.17, 15) is 9.90 Å². The Morgan fingerprint density at radius 3 is 2.63 bits per heavy atom. The van der Waals surface area contributed by atoms with Crippen LogP contribution in [-0.4, -0.2) is 49.0 Å². The van der Waals surface area contributed by atoms with E-state index in [1.54, 1.807) is 19.1 Å². The molecule has 0 radical (unpaired) electrons. The number of halogens is 1. The van der Waals surface area contributed by atoms with Crippen LogP contribution in [0.15, 0.2) is 71.2 Å². The Labute approximate surface area is 213 Å². The van der Waals surface area contributed by atoms with Crippen molar-refractivity contribution in [2.75, 3.05) is 20.8 Å². The Morgan fingerprint density at radius 2 is 1.89 bits per heavy atom. The number of carbonyl (C=O) groups is 1. The van der Waals surface area contributed by atoms with Crippen LogP contribution in [0, 0.1) is 0 Å². The Morgan fingerprint density at radius 1 is 1.09 bits per heavy atom. The molecule has 1 aliphatic carbocycles. The zero-order valence-electron chi connectivity index (χ0n) is 19.7. The summed E-state index contributed by atoms with van der Waals surface area (Å²) in [7, 11) is 3.29. The van der Waals surface area contributed by atoms with E-state index in [1.165, 1.54) is 0 Å². The summed E-state index contributed by atoms with van der Waals surface area (Å²) < 4.78 is 18.1. The van der Waals surface area contributed by atoms with Crippen LogP contribution in [0.3, 0.4) is 0 Å². The van der Waals surface area contributed by atoms with Gasteiger partial charge in [-0.3, -0.25) is 0 Å². The lowest BCUT2D eigenvalue weighted by Gasteiger charge is -2.48. The summed E-state index contributed by atoms with van der Waals surface area (Å²) in [6.07, 6.45) is -0.117. The van der Waals surface area contributed by atoms with Crippen LogP contribution < -0.4 is 9.47 Å². The number of hydrogen-bond donors (Lipinski definition) is 1. The van der Waals surface area contributed by atoms with E-state index in [-0.39, 0.29) is 19.2 Å². The first-order valence-corrected chi connectivity index (χ1v) is 12.4. The van der Waals surface area contributed by atoms with Gasteiger partial charge in [0, 0.05) is 15.5 Å². The minimum atomic E-state index is -0.739. The van der Waals surface area contributed by atoms with E-state index in [4.69, 9.17) is 14.2 Å². The molecule has 0 bridgehead atoms. The maximum atomic E-state index is 13.5. The molecule has 7 heteroatoms. The number of likely N-dealkylation sites (tertiary alicyclic amines) is 1. The second-order valence-electron chi connectivity index (χ2n) is 9.08. The minimum Gasteiger partial charge on any atom is -0.497 e. The van der Waals surface area contributed by atoms with E-state index in [2.05, 4.69) is 15.9 Å². The summed E-state index contributed by atoms with van der Waals surface area (Å²) in [5.74, 6) is 1.46. The molecular weight excluding hydrogens is 510 g/mol. The van der Waals surface area contributed by atoms with Gasteiger partial charge in [0.25, 0.3) is 0 Å². The number of methoxy groups -OCH3 is 2. The van der Waals surface area contributed by atoms with Crippen LogP contribution in [0.2, 0.25) is 0 Å². The fraction of sp³-hybridized carbons (Fsp3) is 0.321. The molecule has 3 aromatic carbocycles. The summed E-state index contributed by atoms with van der Waals surface area (Å²) in [4.78, 5) is 15.2. The lowest BCUT2D eigenvalue weighted by molar-refractivity contribution is -0.00457. The molecule has 0 saturated carbocycles. The lowest BCUT2D eigenvalue weighted by Crippen LogP contribution is -2.59. The Bertz CT molecular complexity index is 1230. The maximum absolute atomic E-state index is 13.5. The number of nitrogens with zero attached hydrogens (tertiary/aromatic N) is 1. The predicted molar refractivity (Wildman–Crippen MR) is 136 cm³/mol. The number of fused-ring (bicyclic) bond motifs is 3. The van der Waals surface area contributed by atoms with Gasteiger partial charge < -0.3 is 24.2 Å². The van der Waals surface area contributed by atoms with Crippen LogP contribution in [0.5, 0.6) is 11.5 Å². The second kappa shape index (κ2) is 9.55. The van der Waals surface area contributed by atoms with E-state index in [0.29, 0.717) is 12.8 Å². The topological polar surface area (TPSA) is 68.2 Å². The van der Waals surface area contributed by atoms with E-state index in [0.717, 1.165) is 38.2 Å². The summed E-state index contributed by atoms with van der Waals surface area (Å²) in [5.41, 5.74) is 3.26. The molecule has 1 fully saturated rings. The fourth-order valence-corrected chi connectivity index (χ4v) is 6.25. The van der Waals surface area contributed by atoms with Crippen LogP contribution in [0.4, 0.5) is 4.79 Å². The van der Waals surface area contributed by atoms with Crippen LogP contribution in [-0.2, 0) is 23.2 Å². The largest absolute Gasteiger partial charge is 0.497 e. The van der Waals surface area contributed by atoms with Gasteiger partial charge in [0.2, 0.25) is 0 Å². The first-order chi connectivity index (χ1) is 17.0. The minimum absolute atomic E-state index is 0.172. The van der Waals surface area contributed by atoms with Crippen molar-refractivity contribution in [3.63, 3.8) is 0 Å². The normalized spacial score (nSPS) is 22.8. The molecule has 1 N–H and O–H groups in total. The fourth-order valence-electron chi connectivity index (χ4n) is 5.76. The smallest absolute Gasteiger partial charge is 0.410 e. The number of carbonyl (C=O) groups excluding carboxylic acids is 1. The summed E-state index contributed by atoms with van der Waals surface area (Å²) in [5, 5.41) is 11.1. The quantitative estimate of drug-likeness (QED) is 0.491. The molecule has 1 aliphatic heterocycles. The molecule has 3 aromatic rings. The number of ether oxygens (including phenoxy) is 3. The third-order valence-electron chi connectivity index (χ3n) is 7.22. The zero-order valence-corrected chi connectivity index (χ0v) is 21.3. The summed E-state index contributed by atoms with van der Waals surface area (Å²) in [6, 6.07) is 21.1. The first-order valence-electron chi connectivity index (χ1n) is 11.6. The molecule has 5 rings (SSSR count). The van der Waals surface area contributed by atoms with Gasteiger partial charge in [-0.15, -0.1) is 0 Å². The second-order valence-corrected chi connectivity index (χ2v) is 9.93. The van der Waals surface area contributed by atoms with E-state index >= 15 is 0 Å².